The number of H-pyrrole nitrogens is 1. The molecule has 0 radical (unpaired) electrons. The maximum absolute atomic E-state index is 12.6. The van der Waals surface area contributed by atoms with E-state index in [4.69, 9.17) is 9.72 Å². The molecule has 4 aromatic rings. The van der Waals surface area contributed by atoms with Gasteiger partial charge in [0.15, 0.2) is 18.1 Å². The van der Waals surface area contributed by atoms with E-state index in [2.05, 4.69) is 51.9 Å². The van der Waals surface area contributed by atoms with Crippen molar-refractivity contribution >= 4 is 22.8 Å². The summed E-state index contributed by atoms with van der Waals surface area (Å²) in [5.41, 5.74) is 3.05. The highest BCUT2D eigenvalue weighted by molar-refractivity contribution is 5.87. The molecule has 2 aromatic heterocycles. The minimum absolute atomic E-state index is 0.00822. The number of fused-ring (bicyclic) bond motifs is 1. The number of benzene rings is 2. The summed E-state index contributed by atoms with van der Waals surface area (Å²) in [6.45, 7) is 2.24. The number of nitrogens with one attached hydrogen (secondary N) is 2. The minimum Gasteiger partial charge on any atom is -0.484 e. The first-order chi connectivity index (χ1) is 16.3. The van der Waals surface area contributed by atoms with Crippen LogP contribution in [0.5, 0.6) is 5.75 Å². The van der Waals surface area contributed by atoms with Gasteiger partial charge in [0.05, 0.1) is 5.39 Å². The summed E-state index contributed by atoms with van der Waals surface area (Å²) in [6, 6.07) is 23.9. The Bertz CT molecular complexity index is 1210. The summed E-state index contributed by atoms with van der Waals surface area (Å²) >= 11 is 0. The van der Waals surface area contributed by atoms with E-state index in [1.807, 2.05) is 41.3 Å². The number of aromatic amines is 1. The number of anilines is 1. The fraction of sp³-hybridized carbons (Fsp3) is 0.269. The fourth-order valence-electron chi connectivity index (χ4n) is 4.23. The summed E-state index contributed by atoms with van der Waals surface area (Å²) in [4.78, 5) is 19.2. The standard InChI is InChI=1S/C26H27N5O2/c32-24(18-33-21-9-5-2-6-10-21)31-16-14-20(17-31)23-12-11-22-25(29-30-26(22)28-23)27-15-13-19-7-3-1-4-8-19/h1-12,20H,13-18H2,(H2,27,28,29,30). The predicted molar refractivity (Wildman–Crippen MR) is 128 cm³/mol. The Hall–Kier alpha value is -3.87. The van der Waals surface area contributed by atoms with E-state index in [-0.39, 0.29) is 18.4 Å². The van der Waals surface area contributed by atoms with Crippen molar-refractivity contribution in [3.8, 4) is 5.75 Å². The van der Waals surface area contributed by atoms with Gasteiger partial charge in [0, 0.05) is 31.2 Å². The van der Waals surface area contributed by atoms with Crippen molar-refractivity contribution in [2.75, 3.05) is 31.6 Å². The molecule has 0 bridgehead atoms. The lowest BCUT2D eigenvalue weighted by Gasteiger charge is -2.17. The average Bonchev–Trinajstić information content (AvgIpc) is 3.51. The Morgan fingerprint density at radius 1 is 1.06 bits per heavy atom. The molecule has 1 fully saturated rings. The molecule has 1 unspecified atom stereocenters. The zero-order valence-electron chi connectivity index (χ0n) is 18.4. The molecule has 1 aliphatic rings. The summed E-state index contributed by atoms with van der Waals surface area (Å²) in [7, 11) is 0. The van der Waals surface area contributed by atoms with Gasteiger partial charge in [-0.1, -0.05) is 48.5 Å². The average molecular weight is 442 g/mol. The van der Waals surface area contributed by atoms with Crippen LogP contribution in [0.3, 0.4) is 0 Å². The molecular weight excluding hydrogens is 414 g/mol. The van der Waals surface area contributed by atoms with Crippen LogP contribution < -0.4 is 10.1 Å². The molecule has 1 aliphatic heterocycles. The first kappa shape index (κ1) is 21.0. The lowest BCUT2D eigenvalue weighted by Crippen LogP contribution is -2.32. The molecule has 1 amide bonds. The van der Waals surface area contributed by atoms with Gasteiger partial charge in [0.2, 0.25) is 0 Å². The van der Waals surface area contributed by atoms with E-state index < -0.39 is 0 Å². The number of aromatic nitrogens is 3. The minimum atomic E-state index is 0.00822. The number of para-hydroxylation sites is 1. The topological polar surface area (TPSA) is 83.1 Å². The quantitative estimate of drug-likeness (QED) is 0.432. The van der Waals surface area contributed by atoms with E-state index in [1.165, 1.54) is 5.56 Å². The summed E-state index contributed by atoms with van der Waals surface area (Å²) in [6.07, 6.45) is 1.83. The second-order valence-corrected chi connectivity index (χ2v) is 8.29. The number of rotatable bonds is 8. The smallest absolute Gasteiger partial charge is 0.260 e. The largest absolute Gasteiger partial charge is 0.484 e. The molecule has 7 heteroatoms. The van der Waals surface area contributed by atoms with Crippen LogP contribution in [0.1, 0.15) is 23.6 Å². The number of nitrogens with zero attached hydrogens (tertiary/aromatic N) is 3. The van der Waals surface area contributed by atoms with E-state index in [1.54, 1.807) is 0 Å². The molecule has 3 heterocycles. The Balaban J connectivity index is 1.17. The molecule has 5 rings (SSSR count). The Kier molecular flexibility index (Phi) is 6.19. The lowest BCUT2D eigenvalue weighted by molar-refractivity contribution is -0.132. The van der Waals surface area contributed by atoms with Gasteiger partial charge in [0.25, 0.3) is 5.91 Å². The van der Waals surface area contributed by atoms with E-state index in [9.17, 15) is 4.79 Å². The normalized spacial score (nSPS) is 15.6. The molecule has 2 aromatic carbocycles. The molecule has 1 atom stereocenters. The second-order valence-electron chi connectivity index (χ2n) is 8.29. The first-order valence-corrected chi connectivity index (χ1v) is 11.3. The number of carbonyl (C=O) groups excluding carboxylic acids is 1. The molecule has 1 saturated heterocycles. The maximum Gasteiger partial charge on any atom is 0.260 e. The summed E-state index contributed by atoms with van der Waals surface area (Å²) in [5.74, 6) is 1.75. The van der Waals surface area contributed by atoms with Crippen LogP contribution in [-0.2, 0) is 11.2 Å². The number of hydrogen-bond acceptors (Lipinski definition) is 5. The molecule has 2 N–H and O–H groups in total. The summed E-state index contributed by atoms with van der Waals surface area (Å²) in [5, 5.41) is 11.8. The van der Waals surface area contributed by atoms with Crippen LogP contribution in [0.2, 0.25) is 0 Å². The van der Waals surface area contributed by atoms with Crippen molar-refractivity contribution < 1.29 is 9.53 Å². The van der Waals surface area contributed by atoms with Crippen LogP contribution in [0.15, 0.2) is 72.8 Å². The molecule has 0 saturated carbocycles. The van der Waals surface area contributed by atoms with Gasteiger partial charge >= 0.3 is 0 Å². The number of ether oxygens (including phenoxy) is 1. The van der Waals surface area contributed by atoms with Gasteiger partial charge in [-0.15, -0.1) is 0 Å². The number of likely N-dealkylation sites (tertiary alicyclic amines) is 1. The van der Waals surface area contributed by atoms with Crippen molar-refractivity contribution in [3.05, 3.63) is 84.1 Å². The van der Waals surface area contributed by atoms with Gasteiger partial charge in [-0.3, -0.25) is 9.89 Å². The third-order valence-electron chi connectivity index (χ3n) is 6.06. The molecule has 33 heavy (non-hydrogen) atoms. The van der Waals surface area contributed by atoms with Gasteiger partial charge < -0.3 is 15.0 Å². The van der Waals surface area contributed by atoms with Crippen LogP contribution in [0.25, 0.3) is 11.0 Å². The number of carbonyl (C=O) groups is 1. The van der Waals surface area contributed by atoms with Gasteiger partial charge in [0.1, 0.15) is 5.75 Å². The van der Waals surface area contributed by atoms with Gasteiger partial charge in [-0.25, -0.2) is 4.98 Å². The van der Waals surface area contributed by atoms with Crippen LogP contribution in [0, 0.1) is 0 Å². The number of amides is 1. The van der Waals surface area contributed by atoms with Crippen molar-refractivity contribution in [2.24, 2.45) is 0 Å². The van der Waals surface area contributed by atoms with Crippen LogP contribution in [-0.4, -0.2) is 52.2 Å². The summed E-state index contributed by atoms with van der Waals surface area (Å²) < 4.78 is 5.61. The highest BCUT2D eigenvalue weighted by Gasteiger charge is 2.28. The highest BCUT2D eigenvalue weighted by atomic mass is 16.5. The molecule has 0 aliphatic carbocycles. The fourth-order valence-corrected chi connectivity index (χ4v) is 4.23. The number of hydrogen-bond donors (Lipinski definition) is 2. The third-order valence-corrected chi connectivity index (χ3v) is 6.06. The third kappa shape index (κ3) is 4.98. The van der Waals surface area contributed by atoms with E-state index in [0.717, 1.165) is 48.5 Å². The monoisotopic (exact) mass is 441 g/mol. The maximum atomic E-state index is 12.6. The van der Waals surface area contributed by atoms with Gasteiger partial charge in [-0.05, 0) is 42.7 Å². The lowest BCUT2D eigenvalue weighted by atomic mass is 10.0. The van der Waals surface area contributed by atoms with Crippen molar-refractivity contribution in [1.29, 1.82) is 0 Å². The first-order valence-electron chi connectivity index (χ1n) is 11.3. The van der Waals surface area contributed by atoms with Crippen LogP contribution >= 0.6 is 0 Å². The predicted octanol–water partition coefficient (Wildman–Crippen LogP) is 4.01. The van der Waals surface area contributed by atoms with Crippen LogP contribution in [0.4, 0.5) is 5.82 Å². The highest BCUT2D eigenvalue weighted by Crippen LogP contribution is 2.28. The molecule has 0 spiro atoms. The Morgan fingerprint density at radius 2 is 1.85 bits per heavy atom. The van der Waals surface area contributed by atoms with E-state index in [0.29, 0.717) is 12.3 Å². The molecular formula is C26H27N5O2. The number of pyridine rings is 1. The Morgan fingerprint density at radius 3 is 2.67 bits per heavy atom. The molecule has 168 valence electrons. The SMILES string of the molecule is O=C(COc1ccccc1)N1CCC(c2ccc3c(NCCc4ccccc4)n[nH]c3n2)C1. The molecule has 7 nitrogen and oxygen atoms in total. The van der Waals surface area contributed by atoms with Crippen molar-refractivity contribution in [1.82, 2.24) is 20.1 Å². The van der Waals surface area contributed by atoms with E-state index >= 15 is 0 Å². The Labute approximate surface area is 192 Å². The zero-order valence-corrected chi connectivity index (χ0v) is 18.4. The second kappa shape index (κ2) is 9.73. The van der Waals surface area contributed by atoms with Crippen molar-refractivity contribution in [2.45, 2.75) is 18.8 Å². The zero-order chi connectivity index (χ0) is 22.5. The van der Waals surface area contributed by atoms with Gasteiger partial charge in [-0.2, -0.15) is 5.10 Å². The van der Waals surface area contributed by atoms with Crippen molar-refractivity contribution in [3.63, 3.8) is 0 Å².